The predicted octanol–water partition coefficient (Wildman–Crippen LogP) is 4.46. The molecule has 2 aromatic carbocycles. The molecule has 1 heterocycles. The van der Waals surface area contributed by atoms with Crippen molar-refractivity contribution in [1.29, 1.82) is 0 Å². The van der Waals surface area contributed by atoms with Gasteiger partial charge in [0.05, 0.1) is 5.92 Å². The van der Waals surface area contributed by atoms with Gasteiger partial charge in [-0.25, -0.2) is 0 Å². The summed E-state index contributed by atoms with van der Waals surface area (Å²) in [6.07, 6.45) is 3.13. The second kappa shape index (κ2) is 10.1. The lowest BCUT2D eigenvalue weighted by Gasteiger charge is -2.16. The van der Waals surface area contributed by atoms with Gasteiger partial charge in [-0.15, -0.1) is 0 Å². The highest BCUT2D eigenvalue weighted by Crippen LogP contribution is 2.30. The third-order valence-electron chi connectivity index (χ3n) is 5.08. The number of carbonyl (C=O) groups is 2. The minimum absolute atomic E-state index is 0.100. The van der Waals surface area contributed by atoms with E-state index in [4.69, 9.17) is 0 Å². The summed E-state index contributed by atoms with van der Waals surface area (Å²) in [7, 11) is 0. The van der Waals surface area contributed by atoms with Gasteiger partial charge in [0.1, 0.15) is 0 Å². The van der Waals surface area contributed by atoms with E-state index in [-0.39, 0.29) is 30.1 Å². The van der Waals surface area contributed by atoms with Crippen molar-refractivity contribution in [3.05, 3.63) is 64.6 Å². The Morgan fingerprint density at radius 1 is 1.18 bits per heavy atom. The molecule has 0 spiro atoms. The third kappa shape index (κ3) is 5.61. The monoisotopic (exact) mass is 460 g/mol. The summed E-state index contributed by atoms with van der Waals surface area (Å²) in [5, 5.41) is 2.91. The van der Waals surface area contributed by atoms with Crippen molar-refractivity contribution in [2.24, 2.45) is 11.8 Å². The standard InChI is InChI=1S/C22H25BrN2O2S/c1-28-15-17-14-25(12-11-16-5-3-2-4-6-16)22(27)20(17)13-21(26)24-19-9-7-18(23)8-10-19/h2-10,17,20H,11-15H2,1H3,(H,24,26)/t17-,20+/m1/s1. The van der Waals surface area contributed by atoms with Gasteiger partial charge in [0.2, 0.25) is 11.8 Å². The molecule has 0 saturated carbocycles. The van der Waals surface area contributed by atoms with Gasteiger partial charge in [0, 0.05) is 29.7 Å². The Morgan fingerprint density at radius 3 is 2.57 bits per heavy atom. The van der Waals surface area contributed by atoms with E-state index < -0.39 is 0 Å². The van der Waals surface area contributed by atoms with Crippen LogP contribution in [0.2, 0.25) is 0 Å². The van der Waals surface area contributed by atoms with Gasteiger partial charge in [-0.05, 0) is 54.2 Å². The van der Waals surface area contributed by atoms with Crippen molar-refractivity contribution < 1.29 is 9.59 Å². The van der Waals surface area contributed by atoms with Crippen LogP contribution in [0.5, 0.6) is 0 Å². The van der Waals surface area contributed by atoms with Crippen molar-refractivity contribution in [2.75, 3.05) is 30.4 Å². The molecule has 2 atom stereocenters. The SMILES string of the molecule is CSC[C@H]1CN(CCc2ccccc2)C(=O)[C@H]1CC(=O)Nc1ccc(Br)cc1. The fourth-order valence-electron chi connectivity index (χ4n) is 3.63. The van der Waals surface area contributed by atoms with E-state index in [1.54, 1.807) is 11.8 Å². The highest BCUT2D eigenvalue weighted by molar-refractivity contribution is 9.10. The summed E-state index contributed by atoms with van der Waals surface area (Å²) in [5.41, 5.74) is 1.98. The highest BCUT2D eigenvalue weighted by atomic mass is 79.9. The van der Waals surface area contributed by atoms with E-state index in [1.165, 1.54) is 5.56 Å². The summed E-state index contributed by atoms with van der Waals surface area (Å²) in [6, 6.07) is 17.7. The van der Waals surface area contributed by atoms with Crippen molar-refractivity contribution in [3.63, 3.8) is 0 Å². The van der Waals surface area contributed by atoms with Crippen LogP contribution in [0.1, 0.15) is 12.0 Å². The summed E-state index contributed by atoms with van der Waals surface area (Å²) >= 11 is 5.13. The van der Waals surface area contributed by atoms with E-state index in [0.717, 1.165) is 28.9 Å². The first-order valence-corrected chi connectivity index (χ1v) is 11.6. The second-order valence-electron chi connectivity index (χ2n) is 7.10. The Labute approximate surface area is 179 Å². The molecule has 28 heavy (non-hydrogen) atoms. The van der Waals surface area contributed by atoms with Crippen LogP contribution < -0.4 is 5.32 Å². The Balaban J connectivity index is 1.60. The summed E-state index contributed by atoms with van der Waals surface area (Å²) in [4.78, 5) is 27.4. The molecule has 1 aliphatic rings. The number of rotatable bonds is 8. The quantitative estimate of drug-likeness (QED) is 0.632. The molecular weight excluding hydrogens is 436 g/mol. The molecule has 0 unspecified atom stereocenters. The number of nitrogens with one attached hydrogen (secondary N) is 1. The van der Waals surface area contributed by atoms with Gasteiger partial charge < -0.3 is 10.2 Å². The zero-order valence-corrected chi connectivity index (χ0v) is 18.3. The number of carbonyl (C=O) groups excluding carboxylic acids is 2. The first-order valence-electron chi connectivity index (χ1n) is 9.44. The normalized spacial score (nSPS) is 19.1. The van der Waals surface area contributed by atoms with Crippen LogP contribution in [-0.4, -0.2) is 41.8 Å². The first kappa shape index (κ1) is 20.9. The molecule has 4 nitrogen and oxygen atoms in total. The predicted molar refractivity (Wildman–Crippen MR) is 119 cm³/mol. The Morgan fingerprint density at radius 2 is 1.89 bits per heavy atom. The molecule has 0 radical (unpaired) electrons. The summed E-state index contributed by atoms with van der Waals surface area (Å²) in [5.74, 6) is 0.884. The lowest BCUT2D eigenvalue weighted by Crippen LogP contribution is -2.30. The topological polar surface area (TPSA) is 49.4 Å². The molecule has 1 aliphatic heterocycles. The highest BCUT2D eigenvalue weighted by Gasteiger charge is 2.40. The molecule has 1 saturated heterocycles. The van der Waals surface area contributed by atoms with Crippen LogP contribution in [0.4, 0.5) is 5.69 Å². The van der Waals surface area contributed by atoms with E-state index in [0.29, 0.717) is 6.54 Å². The molecule has 6 heteroatoms. The molecule has 2 aromatic rings. The van der Waals surface area contributed by atoms with Crippen LogP contribution in [0.3, 0.4) is 0 Å². The maximum atomic E-state index is 13.0. The molecule has 0 bridgehead atoms. The maximum absolute atomic E-state index is 13.0. The smallest absolute Gasteiger partial charge is 0.226 e. The Bertz CT molecular complexity index is 798. The number of likely N-dealkylation sites (tertiary alicyclic amines) is 1. The zero-order chi connectivity index (χ0) is 19.9. The summed E-state index contributed by atoms with van der Waals surface area (Å²) in [6.45, 7) is 1.45. The molecule has 148 valence electrons. The van der Waals surface area contributed by atoms with Crippen LogP contribution in [0.15, 0.2) is 59.1 Å². The molecular formula is C22H25BrN2O2S. The van der Waals surface area contributed by atoms with Crippen LogP contribution in [0.25, 0.3) is 0 Å². The van der Waals surface area contributed by atoms with Gasteiger partial charge in [-0.2, -0.15) is 11.8 Å². The van der Waals surface area contributed by atoms with Crippen LogP contribution >= 0.6 is 27.7 Å². The van der Waals surface area contributed by atoms with Crippen molar-refractivity contribution >= 4 is 45.2 Å². The van der Waals surface area contributed by atoms with Gasteiger partial charge in [-0.1, -0.05) is 46.3 Å². The molecule has 1 fully saturated rings. The fourth-order valence-corrected chi connectivity index (χ4v) is 4.66. The second-order valence-corrected chi connectivity index (χ2v) is 8.93. The zero-order valence-electron chi connectivity index (χ0n) is 15.9. The number of halogens is 1. The number of benzene rings is 2. The van der Waals surface area contributed by atoms with Crippen molar-refractivity contribution in [2.45, 2.75) is 12.8 Å². The van der Waals surface area contributed by atoms with Gasteiger partial charge in [-0.3, -0.25) is 9.59 Å². The molecule has 0 aromatic heterocycles. The molecule has 2 amide bonds. The van der Waals surface area contributed by atoms with Crippen molar-refractivity contribution in [1.82, 2.24) is 4.90 Å². The maximum Gasteiger partial charge on any atom is 0.226 e. The number of hydrogen-bond acceptors (Lipinski definition) is 3. The Kier molecular flexibility index (Phi) is 7.57. The third-order valence-corrected chi connectivity index (χ3v) is 6.37. The number of thioether (sulfide) groups is 1. The number of amides is 2. The molecule has 3 rings (SSSR count). The largest absolute Gasteiger partial charge is 0.342 e. The molecule has 0 aliphatic carbocycles. The minimum Gasteiger partial charge on any atom is -0.342 e. The number of hydrogen-bond donors (Lipinski definition) is 1. The minimum atomic E-state index is -0.237. The van der Waals surface area contributed by atoms with E-state index in [2.05, 4.69) is 39.6 Å². The average molecular weight is 461 g/mol. The number of anilines is 1. The first-order chi connectivity index (χ1) is 13.6. The summed E-state index contributed by atoms with van der Waals surface area (Å²) < 4.78 is 0.963. The van der Waals surface area contributed by atoms with Gasteiger partial charge in [0.25, 0.3) is 0 Å². The van der Waals surface area contributed by atoms with Crippen LogP contribution in [0, 0.1) is 11.8 Å². The van der Waals surface area contributed by atoms with Gasteiger partial charge >= 0.3 is 0 Å². The van der Waals surface area contributed by atoms with Gasteiger partial charge in [0.15, 0.2) is 0 Å². The van der Waals surface area contributed by atoms with Crippen LogP contribution in [-0.2, 0) is 16.0 Å². The molecule has 1 N–H and O–H groups in total. The van der Waals surface area contributed by atoms with E-state index in [9.17, 15) is 9.59 Å². The number of nitrogens with zero attached hydrogens (tertiary/aromatic N) is 1. The van der Waals surface area contributed by atoms with E-state index in [1.807, 2.05) is 47.4 Å². The van der Waals surface area contributed by atoms with Crippen molar-refractivity contribution in [3.8, 4) is 0 Å². The fraction of sp³-hybridized carbons (Fsp3) is 0.364. The Hall–Kier alpha value is -1.79. The average Bonchev–Trinajstić information content (AvgIpc) is 2.98. The van der Waals surface area contributed by atoms with E-state index >= 15 is 0 Å². The lowest BCUT2D eigenvalue weighted by molar-refractivity contribution is -0.133. The lowest BCUT2D eigenvalue weighted by atomic mass is 9.93.